The molecule has 3 rings (SSSR count). The van der Waals surface area contributed by atoms with E-state index in [1.807, 2.05) is 38.4 Å². The smallest absolute Gasteiger partial charge is 0.342 e. The van der Waals surface area contributed by atoms with Crippen molar-refractivity contribution in [3.63, 3.8) is 0 Å². The first-order valence-corrected chi connectivity index (χ1v) is 8.78. The zero-order chi connectivity index (χ0) is 20.3. The standard InChI is InChI=1S/C20H20N4O4/c1-4-28-19(25)16-17(13-7-5-6-8-13)21-20(23(2)3)22-18(16)14-9-11-15(12-10-14)24(26)27/h5-13H,4H2,1-3H3. The Balaban J connectivity index is 2.25. The van der Waals surface area contributed by atoms with Crippen LogP contribution in [0.3, 0.4) is 0 Å². The van der Waals surface area contributed by atoms with Crippen LogP contribution in [-0.4, -0.2) is 41.6 Å². The maximum absolute atomic E-state index is 12.8. The fraction of sp³-hybridized carbons (Fsp3) is 0.250. The van der Waals surface area contributed by atoms with E-state index in [2.05, 4.69) is 9.97 Å². The number of allylic oxidation sites excluding steroid dienone is 4. The number of hydrogen-bond acceptors (Lipinski definition) is 7. The lowest BCUT2D eigenvalue weighted by atomic mass is 9.97. The van der Waals surface area contributed by atoms with Crippen LogP contribution in [0.2, 0.25) is 0 Å². The predicted octanol–water partition coefficient (Wildman–Crippen LogP) is 3.50. The molecule has 28 heavy (non-hydrogen) atoms. The van der Waals surface area contributed by atoms with E-state index in [1.54, 1.807) is 24.0 Å². The Hall–Kier alpha value is -3.55. The van der Waals surface area contributed by atoms with Gasteiger partial charge in [-0.1, -0.05) is 24.3 Å². The average molecular weight is 380 g/mol. The number of nitrogens with zero attached hydrogens (tertiary/aromatic N) is 4. The minimum Gasteiger partial charge on any atom is -0.462 e. The SMILES string of the molecule is CCOC(=O)c1c(-c2ccc([N+](=O)[O-])cc2)nc(N(C)C)nc1C1C=CC=C1. The molecule has 1 aliphatic rings. The number of hydrogen-bond donors (Lipinski definition) is 0. The van der Waals surface area contributed by atoms with Gasteiger partial charge >= 0.3 is 5.97 Å². The van der Waals surface area contributed by atoms with E-state index < -0.39 is 10.9 Å². The van der Waals surface area contributed by atoms with Crippen molar-refractivity contribution in [3.05, 3.63) is 69.9 Å². The summed E-state index contributed by atoms with van der Waals surface area (Å²) in [7, 11) is 3.62. The molecule has 0 saturated heterocycles. The average Bonchev–Trinajstić information content (AvgIpc) is 3.21. The summed E-state index contributed by atoms with van der Waals surface area (Å²) in [5.41, 5.74) is 1.73. The highest BCUT2D eigenvalue weighted by atomic mass is 16.6. The lowest BCUT2D eigenvalue weighted by Crippen LogP contribution is -2.20. The molecule has 0 fully saturated rings. The molecule has 0 bridgehead atoms. The summed E-state index contributed by atoms with van der Waals surface area (Å²) < 4.78 is 5.26. The van der Waals surface area contributed by atoms with E-state index in [9.17, 15) is 14.9 Å². The van der Waals surface area contributed by atoms with Crippen molar-refractivity contribution >= 4 is 17.6 Å². The van der Waals surface area contributed by atoms with Gasteiger partial charge in [0.25, 0.3) is 5.69 Å². The van der Waals surface area contributed by atoms with Gasteiger partial charge in [0.05, 0.1) is 22.9 Å². The maximum atomic E-state index is 12.8. The van der Waals surface area contributed by atoms with E-state index in [4.69, 9.17) is 4.74 Å². The number of carbonyl (C=O) groups excluding carboxylic acids is 1. The molecule has 0 unspecified atom stereocenters. The van der Waals surface area contributed by atoms with Gasteiger partial charge in [-0.25, -0.2) is 14.8 Å². The van der Waals surface area contributed by atoms with Crippen molar-refractivity contribution in [2.75, 3.05) is 25.6 Å². The van der Waals surface area contributed by atoms with Crippen LogP contribution in [0, 0.1) is 10.1 Å². The Kier molecular flexibility index (Phi) is 5.49. The molecule has 0 N–H and O–H groups in total. The lowest BCUT2D eigenvalue weighted by Gasteiger charge is -2.19. The molecule has 1 aromatic heterocycles. The monoisotopic (exact) mass is 380 g/mol. The van der Waals surface area contributed by atoms with Crippen LogP contribution in [0.5, 0.6) is 0 Å². The number of aromatic nitrogens is 2. The van der Waals surface area contributed by atoms with Crippen molar-refractivity contribution < 1.29 is 14.5 Å². The second kappa shape index (κ2) is 7.99. The molecule has 1 aromatic carbocycles. The molecule has 0 atom stereocenters. The van der Waals surface area contributed by atoms with Crippen molar-refractivity contribution in [3.8, 4) is 11.3 Å². The number of benzene rings is 1. The molecule has 144 valence electrons. The molecule has 2 aromatic rings. The van der Waals surface area contributed by atoms with Gasteiger partial charge in [-0.15, -0.1) is 0 Å². The number of rotatable bonds is 6. The number of carbonyl (C=O) groups is 1. The van der Waals surface area contributed by atoms with Gasteiger partial charge in [-0.3, -0.25) is 10.1 Å². The Bertz CT molecular complexity index is 953. The number of nitro benzene ring substituents is 1. The molecule has 0 radical (unpaired) electrons. The summed E-state index contributed by atoms with van der Waals surface area (Å²) in [6.07, 6.45) is 7.65. The van der Waals surface area contributed by atoms with Crippen LogP contribution < -0.4 is 4.90 Å². The van der Waals surface area contributed by atoms with Gasteiger partial charge in [0.15, 0.2) is 0 Å². The largest absolute Gasteiger partial charge is 0.462 e. The van der Waals surface area contributed by atoms with Gasteiger partial charge in [-0.05, 0) is 19.1 Å². The Labute approximate surface area is 162 Å². The van der Waals surface area contributed by atoms with Crippen LogP contribution in [0.15, 0.2) is 48.6 Å². The summed E-state index contributed by atoms with van der Waals surface area (Å²) in [4.78, 5) is 34.2. The fourth-order valence-electron chi connectivity index (χ4n) is 2.88. The van der Waals surface area contributed by atoms with Gasteiger partial charge in [-0.2, -0.15) is 0 Å². The molecule has 8 nitrogen and oxygen atoms in total. The quantitative estimate of drug-likeness (QED) is 0.430. The minimum absolute atomic E-state index is 0.0368. The summed E-state index contributed by atoms with van der Waals surface area (Å²) in [6.45, 7) is 1.94. The molecule has 1 aliphatic carbocycles. The van der Waals surface area contributed by atoms with Gasteiger partial charge in [0.2, 0.25) is 5.95 Å². The van der Waals surface area contributed by atoms with E-state index in [1.165, 1.54) is 12.1 Å². The summed E-state index contributed by atoms with van der Waals surface area (Å²) in [5, 5.41) is 11.0. The van der Waals surface area contributed by atoms with Crippen molar-refractivity contribution in [2.45, 2.75) is 12.8 Å². The third-order valence-electron chi connectivity index (χ3n) is 4.22. The first kappa shape index (κ1) is 19.2. The third-order valence-corrected chi connectivity index (χ3v) is 4.22. The normalized spacial score (nSPS) is 13.0. The summed E-state index contributed by atoms with van der Waals surface area (Å²) >= 11 is 0. The Morgan fingerprint density at radius 1 is 1.18 bits per heavy atom. The van der Waals surface area contributed by atoms with Gasteiger partial charge < -0.3 is 9.64 Å². The van der Waals surface area contributed by atoms with Crippen molar-refractivity contribution in [2.24, 2.45) is 0 Å². The molecular weight excluding hydrogens is 360 g/mol. The minimum atomic E-state index is -0.523. The number of nitro groups is 1. The first-order valence-electron chi connectivity index (χ1n) is 8.78. The topological polar surface area (TPSA) is 98.5 Å². The highest BCUT2D eigenvalue weighted by Crippen LogP contribution is 2.33. The van der Waals surface area contributed by atoms with Crippen LogP contribution >= 0.6 is 0 Å². The third kappa shape index (κ3) is 3.75. The number of anilines is 1. The van der Waals surface area contributed by atoms with Crippen molar-refractivity contribution in [1.82, 2.24) is 9.97 Å². The molecule has 0 saturated carbocycles. The highest BCUT2D eigenvalue weighted by Gasteiger charge is 2.27. The second-order valence-corrected chi connectivity index (χ2v) is 6.35. The van der Waals surface area contributed by atoms with Gasteiger partial charge in [0.1, 0.15) is 5.56 Å². The molecule has 0 amide bonds. The van der Waals surface area contributed by atoms with E-state index >= 15 is 0 Å². The van der Waals surface area contributed by atoms with Crippen LogP contribution in [0.1, 0.15) is 28.9 Å². The van der Waals surface area contributed by atoms with E-state index in [-0.39, 0.29) is 23.8 Å². The fourth-order valence-corrected chi connectivity index (χ4v) is 2.88. The maximum Gasteiger partial charge on any atom is 0.342 e. The molecule has 0 aliphatic heterocycles. The van der Waals surface area contributed by atoms with Crippen LogP contribution in [0.25, 0.3) is 11.3 Å². The zero-order valence-corrected chi connectivity index (χ0v) is 15.8. The number of non-ortho nitro benzene ring substituents is 1. The molecule has 0 spiro atoms. The summed E-state index contributed by atoms with van der Waals surface area (Å²) in [5.74, 6) is -0.270. The number of esters is 1. The first-order chi connectivity index (χ1) is 13.4. The molecule has 8 heteroatoms. The molecule has 1 heterocycles. The Morgan fingerprint density at radius 2 is 1.82 bits per heavy atom. The van der Waals surface area contributed by atoms with E-state index in [0.29, 0.717) is 22.9 Å². The Morgan fingerprint density at radius 3 is 2.36 bits per heavy atom. The van der Waals surface area contributed by atoms with Gasteiger partial charge in [0, 0.05) is 37.7 Å². The molecular formula is C20H20N4O4. The van der Waals surface area contributed by atoms with Crippen LogP contribution in [0.4, 0.5) is 11.6 Å². The number of ether oxygens (including phenoxy) is 1. The second-order valence-electron chi connectivity index (χ2n) is 6.35. The van der Waals surface area contributed by atoms with E-state index in [0.717, 1.165) is 0 Å². The highest BCUT2D eigenvalue weighted by molar-refractivity contribution is 5.98. The predicted molar refractivity (Wildman–Crippen MR) is 105 cm³/mol. The summed E-state index contributed by atoms with van der Waals surface area (Å²) in [6, 6.07) is 5.92. The zero-order valence-electron chi connectivity index (χ0n) is 15.8. The lowest BCUT2D eigenvalue weighted by molar-refractivity contribution is -0.384. The van der Waals surface area contributed by atoms with Crippen LogP contribution in [-0.2, 0) is 4.74 Å². The van der Waals surface area contributed by atoms with Crippen molar-refractivity contribution in [1.29, 1.82) is 0 Å².